The van der Waals surface area contributed by atoms with Crippen LogP contribution in [0.2, 0.25) is 5.02 Å². The highest BCUT2D eigenvalue weighted by Crippen LogP contribution is 2.35. The molecule has 1 aliphatic carbocycles. The van der Waals surface area contributed by atoms with E-state index in [0.717, 1.165) is 64.7 Å². The number of halogens is 1. The molecule has 5 rings (SSSR count). The number of nitrogens with zero attached hydrogens (tertiary/aromatic N) is 4. The van der Waals surface area contributed by atoms with Gasteiger partial charge in [0.2, 0.25) is 0 Å². The average Bonchev–Trinajstić information content (AvgIpc) is 3.19. The Balaban J connectivity index is 1.44. The van der Waals surface area contributed by atoms with Gasteiger partial charge >= 0.3 is 0 Å². The van der Waals surface area contributed by atoms with Gasteiger partial charge in [-0.2, -0.15) is 0 Å². The summed E-state index contributed by atoms with van der Waals surface area (Å²) in [6, 6.07) is 11.0. The second kappa shape index (κ2) is 7.97. The smallest absolute Gasteiger partial charge is 0.173 e. The molecule has 28 heavy (non-hydrogen) atoms. The molecule has 2 fully saturated rings. The standard InChI is InChI=1S/C22H25ClN4S/c23-18-10-15-28-20(18)21-24-19-9-5-4-8-17(19)22(25-21)27-13-11-26(12-14-27)16-6-2-1-3-7-16/h4-5,8-10,15-16H,1-3,6-7,11-14H2. The Morgan fingerprint density at radius 1 is 0.929 bits per heavy atom. The van der Waals surface area contributed by atoms with Crippen molar-refractivity contribution in [2.45, 2.75) is 38.1 Å². The van der Waals surface area contributed by atoms with Crippen molar-refractivity contribution < 1.29 is 0 Å². The van der Waals surface area contributed by atoms with Gasteiger partial charge in [-0.1, -0.05) is 43.0 Å². The van der Waals surface area contributed by atoms with Crippen molar-refractivity contribution in [3.8, 4) is 10.7 Å². The zero-order chi connectivity index (χ0) is 18.9. The SMILES string of the molecule is Clc1ccsc1-c1nc(N2CCN(C3CCCCC3)CC2)c2ccccc2n1. The molecule has 0 bridgehead atoms. The van der Waals surface area contributed by atoms with Gasteiger partial charge in [0.15, 0.2) is 5.82 Å². The molecule has 0 amide bonds. The summed E-state index contributed by atoms with van der Waals surface area (Å²) >= 11 is 7.98. The summed E-state index contributed by atoms with van der Waals surface area (Å²) in [5, 5.41) is 3.86. The first-order chi connectivity index (χ1) is 13.8. The zero-order valence-electron chi connectivity index (χ0n) is 16.0. The Labute approximate surface area is 175 Å². The van der Waals surface area contributed by atoms with Crippen molar-refractivity contribution in [2.24, 2.45) is 0 Å². The summed E-state index contributed by atoms with van der Waals surface area (Å²) in [4.78, 5) is 15.9. The largest absolute Gasteiger partial charge is 0.353 e. The number of rotatable bonds is 3. The van der Waals surface area contributed by atoms with E-state index in [2.05, 4.69) is 28.0 Å². The van der Waals surface area contributed by atoms with Crippen LogP contribution >= 0.6 is 22.9 Å². The molecule has 1 aromatic carbocycles. The zero-order valence-corrected chi connectivity index (χ0v) is 17.6. The third kappa shape index (κ3) is 3.51. The van der Waals surface area contributed by atoms with Crippen LogP contribution in [0.5, 0.6) is 0 Å². The first kappa shape index (κ1) is 18.3. The van der Waals surface area contributed by atoms with Crippen LogP contribution in [-0.2, 0) is 0 Å². The van der Waals surface area contributed by atoms with E-state index < -0.39 is 0 Å². The van der Waals surface area contributed by atoms with Gasteiger partial charge in [0.1, 0.15) is 5.82 Å². The molecule has 3 aromatic rings. The molecule has 2 aromatic heterocycles. The number of hydrogen-bond donors (Lipinski definition) is 0. The summed E-state index contributed by atoms with van der Waals surface area (Å²) in [6.45, 7) is 4.29. The lowest BCUT2D eigenvalue weighted by atomic mass is 9.94. The third-order valence-electron chi connectivity index (χ3n) is 6.11. The molecule has 1 saturated carbocycles. The van der Waals surface area contributed by atoms with Crippen molar-refractivity contribution in [3.05, 3.63) is 40.7 Å². The van der Waals surface area contributed by atoms with E-state index >= 15 is 0 Å². The molecule has 4 nitrogen and oxygen atoms in total. The van der Waals surface area contributed by atoms with Crippen molar-refractivity contribution in [2.75, 3.05) is 31.1 Å². The van der Waals surface area contributed by atoms with Gasteiger partial charge in [-0.15, -0.1) is 11.3 Å². The van der Waals surface area contributed by atoms with Gasteiger partial charge in [-0.3, -0.25) is 4.90 Å². The van der Waals surface area contributed by atoms with Crippen LogP contribution in [0.25, 0.3) is 21.6 Å². The molecule has 0 spiro atoms. The second-order valence-corrected chi connectivity index (χ2v) is 9.12. The van der Waals surface area contributed by atoms with Crippen LogP contribution in [0.1, 0.15) is 32.1 Å². The lowest BCUT2D eigenvalue weighted by molar-refractivity contribution is 0.148. The lowest BCUT2D eigenvalue weighted by Gasteiger charge is -2.41. The Morgan fingerprint density at radius 2 is 1.71 bits per heavy atom. The van der Waals surface area contributed by atoms with E-state index in [1.807, 2.05) is 17.5 Å². The number of aromatic nitrogens is 2. The second-order valence-electron chi connectivity index (χ2n) is 7.80. The highest BCUT2D eigenvalue weighted by Gasteiger charge is 2.27. The maximum absolute atomic E-state index is 6.38. The quantitative estimate of drug-likeness (QED) is 0.571. The van der Waals surface area contributed by atoms with Gasteiger partial charge in [0.05, 0.1) is 15.4 Å². The minimum Gasteiger partial charge on any atom is -0.353 e. The number of hydrogen-bond acceptors (Lipinski definition) is 5. The van der Waals surface area contributed by atoms with E-state index in [9.17, 15) is 0 Å². The minimum atomic E-state index is 0.730. The van der Waals surface area contributed by atoms with Gasteiger partial charge in [-0.05, 0) is 36.4 Å². The molecule has 0 radical (unpaired) electrons. The summed E-state index contributed by atoms with van der Waals surface area (Å²) in [5.74, 6) is 1.79. The van der Waals surface area contributed by atoms with E-state index in [0.29, 0.717) is 0 Å². The normalized spacial score (nSPS) is 19.4. The van der Waals surface area contributed by atoms with Crippen LogP contribution in [0.4, 0.5) is 5.82 Å². The van der Waals surface area contributed by atoms with Gasteiger partial charge < -0.3 is 4.90 Å². The summed E-state index contributed by atoms with van der Waals surface area (Å²) < 4.78 is 0. The van der Waals surface area contributed by atoms with E-state index in [4.69, 9.17) is 21.6 Å². The molecule has 0 N–H and O–H groups in total. The van der Waals surface area contributed by atoms with Crippen molar-refractivity contribution >= 4 is 39.7 Å². The molecular formula is C22H25ClN4S. The monoisotopic (exact) mass is 412 g/mol. The topological polar surface area (TPSA) is 32.3 Å². The average molecular weight is 413 g/mol. The first-order valence-corrected chi connectivity index (χ1v) is 11.5. The molecule has 0 unspecified atom stereocenters. The number of fused-ring (bicyclic) bond motifs is 1. The van der Waals surface area contributed by atoms with Crippen LogP contribution in [0.3, 0.4) is 0 Å². The third-order valence-corrected chi connectivity index (χ3v) is 7.45. The first-order valence-electron chi connectivity index (χ1n) is 10.3. The highest BCUT2D eigenvalue weighted by molar-refractivity contribution is 7.14. The fourth-order valence-electron chi connectivity index (χ4n) is 4.60. The lowest BCUT2D eigenvalue weighted by Crippen LogP contribution is -2.51. The number of anilines is 1. The predicted octanol–water partition coefficient (Wildman–Crippen LogP) is 5.47. The fraction of sp³-hybridized carbons (Fsp3) is 0.455. The van der Waals surface area contributed by atoms with E-state index in [-0.39, 0.29) is 0 Å². The molecule has 1 saturated heterocycles. The Kier molecular flexibility index (Phi) is 5.22. The molecular weight excluding hydrogens is 388 g/mol. The molecule has 146 valence electrons. The molecule has 3 heterocycles. The number of benzene rings is 1. The maximum Gasteiger partial charge on any atom is 0.173 e. The van der Waals surface area contributed by atoms with Crippen LogP contribution < -0.4 is 4.90 Å². The number of para-hydroxylation sites is 1. The predicted molar refractivity (Wildman–Crippen MR) is 119 cm³/mol. The van der Waals surface area contributed by atoms with Crippen molar-refractivity contribution in [1.29, 1.82) is 0 Å². The Hall–Kier alpha value is -1.69. The van der Waals surface area contributed by atoms with E-state index in [1.165, 1.54) is 32.1 Å². The summed E-state index contributed by atoms with van der Waals surface area (Å²) in [5.41, 5.74) is 0.988. The molecule has 2 aliphatic rings. The Morgan fingerprint density at radius 3 is 2.46 bits per heavy atom. The summed E-state index contributed by atoms with van der Waals surface area (Å²) in [6.07, 6.45) is 6.95. The summed E-state index contributed by atoms with van der Waals surface area (Å²) in [7, 11) is 0. The van der Waals surface area contributed by atoms with Crippen molar-refractivity contribution in [1.82, 2.24) is 14.9 Å². The fourth-order valence-corrected chi connectivity index (χ4v) is 5.67. The molecule has 6 heteroatoms. The van der Waals surface area contributed by atoms with Gasteiger partial charge in [0.25, 0.3) is 0 Å². The van der Waals surface area contributed by atoms with Crippen LogP contribution in [0, 0.1) is 0 Å². The van der Waals surface area contributed by atoms with Crippen molar-refractivity contribution in [3.63, 3.8) is 0 Å². The van der Waals surface area contributed by atoms with Gasteiger partial charge in [-0.25, -0.2) is 9.97 Å². The number of thiophene rings is 1. The van der Waals surface area contributed by atoms with E-state index in [1.54, 1.807) is 11.3 Å². The van der Waals surface area contributed by atoms with Gasteiger partial charge in [0, 0.05) is 37.6 Å². The number of piperazine rings is 1. The molecule has 0 atom stereocenters. The molecule has 1 aliphatic heterocycles. The maximum atomic E-state index is 6.38. The highest BCUT2D eigenvalue weighted by atomic mass is 35.5. The van der Waals surface area contributed by atoms with Crippen LogP contribution in [-0.4, -0.2) is 47.1 Å². The Bertz CT molecular complexity index is 958. The van der Waals surface area contributed by atoms with Crippen LogP contribution in [0.15, 0.2) is 35.7 Å². The minimum absolute atomic E-state index is 0.730.